The van der Waals surface area contributed by atoms with Gasteiger partial charge >= 0.3 is 0 Å². The summed E-state index contributed by atoms with van der Waals surface area (Å²) in [5.41, 5.74) is 8.92. The van der Waals surface area contributed by atoms with Crippen molar-refractivity contribution in [3.63, 3.8) is 0 Å². The summed E-state index contributed by atoms with van der Waals surface area (Å²) in [4.78, 5) is 3.47. The van der Waals surface area contributed by atoms with E-state index in [0.29, 0.717) is 12.0 Å². The molecule has 0 bridgehead atoms. The van der Waals surface area contributed by atoms with Crippen LogP contribution in [-0.2, 0) is 0 Å². The van der Waals surface area contributed by atoms with Gasteiger partial charge in [0, 0.05) is 28.9 Å². The number of H-pyrrole nitrogens is 1. The normalized spacial score (nSPS) is 23.4. The second kappa shape index (κ2) is 4.10. The van der Waals surface area contributed by atoms with Crippen molar-refractivity contribution in [1.29, 1.82) is 0 Å². The van der Waals surface area contributed by atoms with Crippen LogP contribution < -0.4 is 5.73 Å². The van der Waals surface area contributed by atoms with E-state index in [1.807, 2.05) is 0 Å². The Morgan fingerprint density at radius 1 is 1.00 bits per heavy atom. The van der Waals surface area contributed by atoms with Crippen molar-refractivity contribution in [2.24, 2.45) is 5.73 Å². The lowest BCUT2D eigenvalue weighted by atomic mass is 9.93. The first-order chi connectivity index (χ1) is 9.34. The smallest absolute Gasteiger partial charge is 0.0536 e. The highest BCUT2D eigenvalue weighted by Gasteiger charge is 2.27. The first-order valence-corrected chi connectivity index (χ1v) is 7.09. The number of benzene rings is 2. The van der Waals surface area contributed by atoms with Crippen molar-refractivity contribution in [1.82, 2.24) is 4.98 Å². The number of nitrogens with two attached hydrogens (primary N) is 1. The van der Waals surface area contributed by atoms with Crippen molar-refractivity contribution < 1.29 is 0 Å². The Morgan fingerprint density at radius 3 is 2.74 bits per heavy atom. The summed E-state index contributed by atoms with van der Waals surface area (Å²) >= 11 is 0. The number of fused-ring (bicyclic) bond motifs is 3. The number of nitrogens with one attached hydrogen (secondary N) is 1. The predicted molar refractivity (Wildman–Crippen MR) is 80.4 cm³/mol. The third kappa shape index (κ3) is 1.60. The molecule has 1 aliphatic rings. The van der Waals surface area contributed by atoms with Crippen LogP contribution in [0.1, 0.15) is 30.7 Å². The largest absolute Gasteiger partial charge is 0.360 e. The van der Waals surface area contributed by atoms with E-state index < -0.39 is 0 Å². The topological polar surface area (TPSA) is 41.8 Å². The molecule has 0 amide bonds. The van der Waals surface area contributed by atoms with E-state index in [1.54, 1.807) is 0 Å². The van der Waals surface area contributed by atoms with Gasteiger partial charge in [-0.25, -0.2) is 0 Å². The second-order valence-corrected chi connectivity index (χ2v) is 5.65. The van der Waals surface area contributed by atoms with Gasteiger partial charge in [-0.2, -0.15) is 0 Å². The van der Waals surface area contributed by atoms with Gasteiger partial charge in [-0.05, 0) is 23.8 Å². The molecular formula is C17H18N2. The first-order valence-electron chi connectivity index (χ1n) is 7.09. The molecule has 1 aliphatic carbocycles. The molecule has 1 saturated carbocycles. The number of aromatic nitrogens is 1. The van der Waals surface area contributed by atoms with Gasteiger partial charge in [-0.15, -0.1) is 0 Å². The quantitative estimate of drug-likeness (QED) is 0.675. The molecular weight excluding hydrogens is 232 g/mol. The molecule has 4 rings (SSSR count). The van der Waals surface area contributed by atoms with E-state index in [-0.39, 0.29) is 0 Å². The first kappa shape index (κ1) is 11.1. The molecule has 1 heterocycles. The van der Waals surface area contributed by atoms with Crippen LogP contribution in [0.5, 0.6) is 0 Å². The molecule has 2 atom stereocenters. The molecule has 1 fully saturated rings. The van der Waals surface area contributed by atoms with E-state index in [4.69, 9.17) is 5.73 Å². The fourth-order valence-corrected chi connectivity index (χ4v) is 3.58. The fraction of sp³-hybridized carbons (Fsp3) is 0.294. The number of hydrogen-bond donors (Lipinski definition) is 2. The van der Waals surface area contributed by atoms with Gasteiger partial charge in [0.05, 0.1) is 5.52 Å². The zero-order valence-corrected chi connectivity index (χ0v) is 10.9. The van der Waals surface area contributed by atoms with Crippen LogP contribution in [0.3, 0.4) is 0 Å². The molecule has 2 unspecified atom stereocenters. The molecule has 0 spiro atoms. The van der Waals surface area contributed by atoms with Gasteiger partial charge < -0.3 is 10.7 Å². The standard InChI is InChI=1S/C17H18N2/c18-16-7-3-6-13(16)15-10-19-17-12-5-2-1-4-11(12)8-9-14(15)17/h1-2,4-5,8-10,13,16,19H,3,6-7,18H2. The van der Waals surface area contributed by atoms with Crippen molar-refractivity contribution >= 4 is 21.7 Å². The van der Waals surface area contributed by atoms with Gasteiger partial charge in [-0.1, -0.05) is 42.8 Å². The van der Waals surface area contributed by atoms with Gasteiger partial charge in [0.15, 0.2) is 0 Å². The van der Waals surface area contributed by atoms with E-state index >= 15 is 0 Å². The SMILES string of the molecule is NC1CCCC1c1c[nH]c2c1ccc1ccccc12. The van der Waals surface area contributed by atoms with Crippen LogP contribution in [-0.4, -0.2) is 11.0 Å². The Kier molecular flexibility index (Phi) is 2.39. The van der Waals surface area contributed by atoms with Gasteiger partial charge in [0.2, 0.25) is 0 Å². The summed E-state index contributed by atoms with van der Waals surface area (Å²) in [6.07, 6.45) is 5.81. The maximum absolute atomic E-state index is 6.26. The summed E-state index contributed by atoms with van der Waals surface area (Å²) in [5.74, 6) is 0.523. The predicted octanol–water partition coefficient (Wildman–Crippen LogP) is 3.92. The fourth-order valence-electron chi connectivity index (χ4n) is 3.58. The maximum Gasteiger partial charge on any atom is 0.0536 e. The minimum absolute atomic E-state index is 0.325. The van der Waals surface area contributed by atoms with E-state index in [0.717, 1.165) is 6.42 Å². The molecule has 0 aliphatic heterocycles. The molecule has 2 nitrogen and oxygen atoms in total. The Hall–Kier alpha value is -1.80. The summed E-state index contributed by atoms with van der Waals surface area (Å²) in [5, 5.41) is 3.94. The Bertz CT molecular complexity index is 741. The highest BCUT2D eigenvalue weighted by atomic mass is 14.7. The molecule has 2 aromatic carbocycles. The molecule has 2 heteroatoms. The zero-order chi connectivity index (χ0) is 12.8. The Morgan fingerprint density at radius 2 is 1.89 bits per heavy atom. The van der Waals surface area contributed by atoms with Crippen LogP contribution in [0.15, 0.2) is 42.6 Å². The number of rotatable bonds is 1. The minimum Gasteiger partial charge on any atom is -0.360 e. The van der Waals surface area contributed by atoms with Crippen LogP contribution >= 0.6 is 0 Å². The zero-order valence-electron chi connectivity index (χ0n) is 10.9. The number of hydrogen-bond acceptors (Lipinski definition) is 1. The third-order valence-corrected chi connectivity index (χ3v) is 4.58. The molecule has 96 valence electrons. The molecule has 0 saturated heterocycles. The molecule has 1 aromatic heterocycles. The maximum atomic E-state index is 6.26. The highest BCUT2D eigenvalue weighted by Crippen LogP contribution is 2.38. The van der Waals surface area contributed by atoms with Crippen LogP contribution in [0.4, 0.5) is 0 Å². The third-order valence-electron chi connectivity index (χ3n) is 4.58. The molecule has 3 aromatic rings. The van der Waals surface area contributed by atoms with E-state index in [2.05, 4.69) is 47.6 Å². The highest BCUT2D eigenvalue weighted by molar-refractivity contribution is 6.06. The van der Waals surface area contributed by atoms with Crippen molar-refractivity contribution in [3.8, 4) is 0 Å². The molecule has 0 radical (unpaired) electrons. The van der Waals surface area contributed by atoms with Gasteiger partial charge in [0.25, 0.3) is 0 Å². The average molecular weight is 250 g/mol. The van der Waals surface area contributed by atoms with Crippen molar-refractivity contribution in [3.05, 3.63) is 48.2 Å². The summed E-state index contributed by atoms with van der Waals surface area (Å²) in [6, 6.07) is 13.3. The Balaban J connectivity index is 1.97. The van der Waals surface area contributed by atoms with Gasteiger partial charge in [-0.3, -0.25) is 0 Å². The van der Waals surface area contributed by atoms with Crippen LogP contribution in [0.25, 0.3) is 21.7 Å². The van der Waals surface area contributed by atoms with E-state index in [9.17, 15) is 0 Å². The van der Waals surface area contributed by atoms with Gasteiger partial charge in [0.1, 0.15) is 0 Å². The van der Waals surface area contributed by atoms with Crippen LogP contribution in [0.2, 0.25) is 0 Å². The van der Waals surface area contributed by atoms with E-state index in [1.165, 1.54) is 40.1 Å². The summed E-state index contributed by atoms with van der Waals surface area (Å²) in [6.45, 7) is 0. The minimum atomic E-state index is 0.325. The summed E-state index contributed by atoms with van der Waals surface area (Å²) in [7, 11) is 0. The van der Waals surface area contributed by atoms with Crippen molar-refractivity contribution in [2.45, 2.75) is 31.2 Å². The monoisotopic (exact) mass is 250 g/mol. The summed E-state index contributed by atoms with van der Waals surface area (Å²) < 4.78 is 0. The Labute approximate surface area is 112 Å². The lowest BCUT2D eigenvalue weighted by Gasteiger charge is -2.14. The molecule has 3 N–H and O–H groups in total. The lowest BCUT2D eigenvalue weighted by molar-refractivity contribution is 0.616. The van der Waals surface area contributed by atoms with Crippen molar-refractivity contribution in [2.75, 3.05) is 0 Å². The molecule has 19 heavy (non-hydrogen) atoms. The van der Waals surface area contributed by atoms with Crippen LogP contribution in [0, 0.1) is 0 Å². The lowest BCUT2D eigenvalue weighted by Crippen LogP contribution is -2.22. The number of aromatic amines is 1. The average Bonchev–Trinajstić information content (AvgIpc) is 3.04. The second-order valence-electron chi connectivity index (χ2n) is 5.65.